The van der Waals surface area contributed by atoms with Gasteiger partial charge in [-0.15, -0.1) is 6.58 Å². The Kier molecular flexibility index (Phi) is 5.43. The Morgan fingerprint density at radius 3 is 2.82 bits per heavy atom. The molecule has 1 atom stereocenters. The zero-order valence-electron chi connectivity index (χ0n) is 10.3. The summed E-state index contributed by atoms with van der Waals surface area (Å²) in [5, 5.41) is 2.83. The highest BCUT2D eigenvalue weighted by Crippen LogP contribution is 2.22. The van der Waals surface area contributed by atoms with E-state index in [4.69, 9.17) is 5.73 Å². The van der Waals surface area contributed by atoms with Crippen LogP contribution in [0.3, 0.4) is 0 Å². The van der Waals surface area contributed by atoms with Gasteiger partial charge in [0.2, 0.25) is 5.91 Å². The standard InChI is InChI=1S/C14H20N2O/c1-3-10-16-14(17)13(8-9-15)12-7-5-4-6-11(12)2/h3-7,13H,1,8-10,15H2,2H3,(H,16,17). The summed E-state index contributed by atoms with van der Waals surface area (Å²) in [4.78, 5) is 12.0. The van der Waals surface area contributed by atoms with Crippen LogP contribution in [0.25, 0.3) is 0 Å². The van der Waals surface area contributed by atoms with Crippen molar-refractivity contribution in [1.29, 1.82) is 0 Å². The molecule has 0 fully saturated rings. The molecule has 0 aliphatic rings. The van der Waals surface area contributed by atoms with Crippen LogP contribution in [-0.4, -0.2) is 19.0 Å². The smallest absolute Gasteiger partial charge is 0.227 e. The van der Waals surface area contributed by atoms with E-state index in [0.717, 1.165) is 11.1 Å². The zero-order chi connectivity index (χ0) is 12.7. The second-order valence-electron chi connectivity index (χ2n) is 4.02. The van der Waals surface area contributed by atoms with Crippen LogP contribution in [0, 0.1) is 6.92 Å². The highest BCUT2D eigenvalue weighted by molar-refractivity contribution is 5.84. The second-order valence-corrected chi connectivity index (χ2v) is 4.02. The number of amides is 1. The molecule has 0 spiro atoms. The van der Waals surface area contributed by atoms with E-state index in [9.17, 15) is 4.79 Å². The van der Waals surface area contributed by atoms with Crippen LogP contribution in [0.1, 0.15) is 23.5 Å². The third kappa shape index (κ3) is 3.71. The fourth-order valence-corrected chi connectivity index (χ4v) is 1.87. The van der Waals surface area contributed by atoms with Crippen LogP contribution in [0.4, 0.5) is 0 Å². The van der Waals surface area contributed by atoms with Gasteiger partial charge in [-0.1, -0.05) is 30.3 Å². The third-order valence-electron chi connectivity index (χ3n) is 2.76. The summed E-state index contributed by atoms with van der Waals surface area (Å²) in [6.07, 6.45) is 2.34. The van der Waals surface area contributed by atoms with Gasteiger partial charge in [0.15, 0.2) is 0 Å². The average molecular weight is 232 g/mol. The van der Waals surface area contributed by atoms with Crippen LogP contribution in [-0.2, 0) is 4.79 Å². The molecule has 1 rings (SSSR count). The minimum atomic E-state index is -0.166. The van der Waals surface area contributed by atoms with Gasteiger partial charge in [-0.25, -0.2) is 0 Å². The van der Waals surface area contributed by atoms with Crippen molar-refractivity contribution in [2.45, 2.75) is 19.3 Å². The minimum Gasteiger partial charge on any atom is -0.352 e. The van der Waals surface area contributed by atoms with Gasteiger partial charge in [0.05, 0.1) is 5.92 Å². The molecule has 0 aliphatic heterocycles. The molecular formula is C14H20N2O. The van der Waals surface area contributed by atoms with Crippen molar-refractivity contribution < 1.29 is 4.79 Å². The molecule has 1 aromatic rings. The summed E-state index contributed by atoms with van der Waals surface area (Å²) >= 11 is 0. The van der Waals surface area contributed by atoms with E-state index in [1.165, 1.54) is 0 Å². The van der Waals surface area contributed by atoms with E-state index in [0.29, 0.717) is 19.5 Å². The monoisotopic (exact) mass is 232 g/mol. The van der Waals surface area contributed by atoms with Crippen LogP contribution in [0.15, 0.2) is 36.9 Å². The summed E-state index contributed by atoms with van der Waals surface area (Å²) in [7, 11) is 0. The number of benzene rings is 1. The van der Waals surface area contributed by atoms with E-state index < -0.39 is 0 Å². The summed E-state index contributed by atoms with van der Waals surface area (Å²) in [5.41, 5.74) is 7.76. The average Bonchev–Trinajstić information content (AvgIpc) is 2.34. The van der Waals surface area contributed by atoms with Crippen LogP contribution in [0.2, 0.25) is 0 Å². The van der Waals surface area contributed by atoms with Crippen molar-refractivity contribution in [2.24, 2.45) is 5.73 Å². The van der Waals surface area contributed by atoms with Crippen molar-refractivity contribution in [3.63, 3.8) is 0 Å². The van der Waals surface area contributed by atoms with Crippen LogP contribution >= 0.6 is 0 Å². The molecule has 1 amide bonds. The van der Waals surface area contributed by atoms with Crippen molar-refractivity contribution in [3.05, 3.63) is 48.0 Å². The Hall–Kier alpha value is -1.61. The normalized spacial score (nSPS) is 11.9. The molecule has 3 N–H and O–H groups in total. The fraction of sp³-hybridized carbons (Fsp3) is 0.357. The number of hydrogen-bond acceptors (Lipinski definition) is 2. The Morgan fingerprint density at radius 2 is 2.24 bits per heavy atom. The first-order valence-corrected chi connectivity index (χ1v) is 5.85. The molecule has 0 saturated carbocycles. The third-order valence-corrected chi connectivity index (χ3v) is 2.76. The van der Waals surface area contributed by atoms with Gasteiger partial charge < -0.3 is 11.1 Å². The lowest BCUT2D eigenvalue weighted by atomic mass is 9.91. The quantitative estimate of drug-likeness (QED) is 0.734. The molecule has 1 aromatic carbocycles. The first-order chi connectivity index (χ1) is 8.20. The molecule has 92 valence electrons. The van der Waals surface area contributed by atoms with E-state index in [1.54, 1.807) is 6.08 Å². The van der Waals surface area contributed by atoms with Gasteiger partial charge in [-0.2, -0.15) is 0 Å². The van der Waals surface area contributed by atoms with Crippen molar-refractivity contribution in [1.82, 2.24) is 5.32 Å². The molecule has 0 saturated heterocycles. The number of nitrogens with one attached hydrogen (secondary N) is 1. The van der Waals surface area contributed by atoms with Crippen molar-refractivity contribution in [2.75, 3.05) is 13.1 Å². The molecule has 0 bridgehead atoms. The minimum absolute atomic E-state index is 0.0182. The van der Waals surface area contributed by atoms with Gasteiger partial charge in [0, 0.05) is 6.54 Å². The predicted molar refractivity (Wildman–Crippen MR) is 70.8 cm³/mol. The van der Waals surface area contributed by atoms with Crippen LogP contribution in [0.5, 0.6) is 0 Å². The first kappa shape index (κ1) is 13.5. The van der Waals surface area contributed by atoms with Crippen molar-refractivity contribution >= 4 is 5.91 Å². The zero-order valence-corrected chi connectivity index (χ0v) is 10.3. The summed E-state index contributed by atoms with van der Waals surface area (Å²) < 4.78 is 0. The van der Waals surface area contributed by atoms with E-state index >= 15 is 0 Å². The number of hydrogen-bond donors (Lipinski definition) is 2. The lowest BCUT2D eigenvalue weighted by Gasteiger charge is -2.17. The number of nitrogens with two attached hydrogens (primary N) is 1. The van der Waals surface area contributed by atoms with E-state index in [2.05, 4.69) is 11.9 Å². The van der Waals surface area contributed by atoms with Gasteiger partial charge in [-0.05, 0) is 31.0 Å². The maximum absolute atomic E-state index is 12.0. The lowest BCUT2D eigenvalue weighted by molar-refractivity contribution is -0.122. The first-order valence-electron chi connectivity index (χ1n) is 5.85. The second kappa shape index (κ2) is 6.86. The molecule has 3 nitrogen and oxygen atoms in total. The van der Waals surface area contributed by atoms with Gasteiger partial charge in [-0.3, -0.25) is 4.79 Å². The van der Waals surface area contributed by atoms with E-state index in [-0.39, 0.29) is 11.8 Å². The van der Waals surface area contributed by atoms with Gasteiger partial charge in [0.25, 0.3) is 0 Å². The van der Waals surface area contributed by atoms with Gasteiger partial charge >= 0.3 is 0 Å². The number of aryl methyl sites for hydroxylation is 1. The fourth-order valence-electron chi connectivity index (χ4n) is 1.87. The summed E-state index contributed by atoms with van der Waals surface area (Å²) in [6.45, 7) is 6.59. The van der Waals surface area contributed by atoms with Crippen LogP contribution < -0.4 is 11.1 Å². The highest BCUT2D eigenvalue weighted by Gasteiger charge is 2.20. The molecule has 3 heteroatoms. The molecular weight excluding hydrogens is 212 g/mol. The molecule has 0 aliphatic carbocycles. The molecule has 0 heterocycles. The van der Waals surface area contributed by atoms with Gasteiger partial charge in [0.1, 0.15) is 0 Å². The van der Waals surface area contributed by atoms with Crippen molar-refractivity contribution in [3.8, 4) is 0 Å². The summed E-state index contributed by atoms with van der Waals surface area (Å²) in [5.74, 6) is -0.147. The maximum atomic E-state index is 12.0. The SMILES string of the molecule is C=CCNC(=O)C(CCN)c1ccccc1C. The Morgan fingerprint density at radius 1 is 1.53 bits per heavy atom. The predicted octanol–water partition coefficient (Wildman–Crippen LogP) is 1.73. The molecule has 17 heavy (non-hydrogen) atoms. The maximum Gasteiger partial charge on any atom is 0.227 e. The highest BCUT2D eigenvalue weighted by atomic mass is 16.1. The number of rotatable bonds is 6. The summed E-state index contributed by atoms with van der Waals surface area (Å²) in [6, 6.07) is 7.93. The largest absolute Gasteiger partial charge is 0.352 e. The Labute approximate surface area is 103 Å². The van der Waals surface area contributed by atoms with E-state index in [1.807, 2.05) is 31.2 Å². The molecule has 0 aromatic heterocycles. The number of carbonyl (C=O) groups is 1. The lowest BCUT2D eigenvalue weighted by Crippen LogP contribution is -2.31. The Balaban J connectivity index is 2.88. The topological polar surface area (TPSA) is 55.1 Å². The Bertz CT molecular complexity index is 388. The molecule has 0 radical (unpaired) electrons. The molecule has 1 unspecified atom stereocenters. The number of carbonyl (C=O) groups excluding carboxylic acids is 1.